The van der Waals surface area contributed by atoms with Crippen LogP contribution < -0.4 is 50.3 Å². The summed E-state index contributed by atoms with van der Waals surface area (Å²) in [4.78, 5) is 87.8. The van der Waals surface area contributed by atoms with E-state index in [2.05, 4.69) is 136 Å². The number of aromatic nitrogens is 21. The lowest BCUT2D eigenvalue weighted by atomic mass is 10.1. The Morgan fingerprint density at radius 3 is 1.17 bits per heavy atom. The third-order valence-electron chi connectivity index (χ3n) is 23.6. The van der Waals surface area contributed by atoms with Crippen LogP contribution in [0.5, 0.6) is 57.5 Å². The van der Waals surface area contributed by atoms with Gasteiger partial charge in [-0.05, 0) is 253 Å². The fourth-order valence-corrected chi connectivity index (χ4v) is 16.1. The number of hydrogen-bond acceptors (Lipinski definition) is 31. The Morgan fingerprint density at radius 2 is 0.745 bits per heavy atom. The Morgan fingerprint density at radius 1 is 0.366 bits per heavy atom. The number of nitrogens with one attached hydrogen (secondary N) is 5. The number of piperazine rings is 1. The number of benzene rings is 8. The highest BCUT2D eigenvalue weighted by Gasteiger charge is 2.23. The number of likely N-dealkylation sites (N-methyl/N-ethyl adjacent to an activating group) is 1. The summed E-state index contributed by atoms with van der Waals surface area (Å²) in [5.41, 5.74) is 15.6. The van der Waals surface area contributed by atoms with E-state index in [1.165, 1.54) is 38.0 Å². The SMILES string of the molecule is Cc1cc(Nc2ncnc3ccc(C#CC(C)(C)O)cc23)ccc1Oc1ccn2ncnc2c1.Cc1cc(Nc2ncnc3ccc(CC(=O)N4CCN(C)CC4)cc23)ccc1Oc1ccn2ncnc2c1.Cc1cc(Nc2ncnc3ccc(NC(=O)N4CCOCC4)cc23)ccc1Oc1ccn2ncnc2c1.Cc1cc(Oc2ccc3ncnc(Nc4ccc(Oc5ccn6ncnc6c5)c(C)c4)c3c2)ccn1. The Labute approximate surface area is 829 Å². The lowest BCUT2D eigenvalue weighted by Crippen LogP contribution is -2.47. The number of aliphatic hydroxyl groups is 1. The van der Waals surface area contributed by atoms with Crippen LogP contribution in [0, 0.1) is 46.5 Å². The van der Waals surface area contributed by atoms with Crippen LogP contribution in [0.2, 0.25) is 0 Å². The Bertz CT molecular complexity index is 8460. The van der Waals surface area contributed by atoms with Crippen LogP contribution in [0.1, 0.15) is 52.9 Å². The van der Waals surface area contributed by atoms with Gasteiger partial charge in [0, 0.05) is 162 Å². The lowest BCUT2D eigenvalue weighted by Gasteiger charge is -2.32. The van der Waals surface area contributed by atoms with Gasteiger partial charge < -0.3 is 74.8 Å². The van der Waals surface area contributed by atoms with Crippen LogP contribution in [0.25, 0.3) is 66.2 Å². The number of nitrogens with zero attached hydrogens (tertiary/aromatic N) is 24. The van der Waals surface area contributed by atoms with Crippen molar-refractivity contribution in [2.75, 3.05) is 86.1 Å². The molecule has 38 nitrogen and oxygen atoms in total. The largest absolute Gasteiger partial charge is 0.457 e. The third kappa shape index (κ3) is 23.0. The molecule has 13 aromatic heterocycles. The minimum atomic E-state index is -1.06. The van der Waals surface area contributed by atoms with Gasteiger partial charge in [0.2, 0.25) is 5.91 Å². The van der Waals surface area contributed by atoms with Crippen LogP contribution in [0.3, 0.4) is 0 Å². The molecule has 8 aromatic carbocycles. The number of amides is 3. The lowest BCUT2D eigenvalue weighted by molar-refractivity contribution is -0.132. The first kappa shape index (κ1) is 93.8. The molecule has 15 heterocycles. The number of anilines is 9. The number of carbonyl (C=O) groups excluding carboxylic acids is 2. The predicted octanol–water partition coefficient (Wildman–Crippen LogP) is 18.9. The van der Waals surface area contributed by atoms with Crippen LogP contribution in [0.15, 0.2) is 288 Å². The highest BCUT2D eigenvalue weighted by Crippen LogP contribution is 2.39. The molecule has 3 amide bonds. The van der Waals surface area contributed by atoms with Gasteiger partial charge >= 0.3 is 6.03 Å². The van der Waals surface area contributed by atoms with E-state index in [0.29, 0.717) is 96.1 Å². The van der Waals surface area contributed by atoms with Gasteiger partial charge in [0.1, 0.15) is 137 Å². The van der Waals surface area contributed by atoms with E-state index in [1.807, 2.05) is 264 Å². The van der Waals surface area contributed by atoms with Crippen molar-refractivity contribution in [3.8, 4) is 69.3 Å². The maximum absolute atomic E-state index is 12.9. The van der Waals surface area contributed by atoms with Crippen molar-refractivity contribution in [3.63, 3.8) is 0 Å². The third-order valence-corrected chi connectivity index (χ3v) is 23.6. The van der Waals surface area contributed by atoms with Gasteiger partial charge in [-0.2, -0.15) is 20.4 Å². The standard InChI is InChI=1S/C28H28N8O2.C27H21N7O2.C26H24N8O3.C26H22N6O2/c1-19-13-21(4-6-25(19)38-22-7-8-36-26(16-22)30-18-32-36)33-28-23-14-20(3-5-24(23)29-17-31-28)15-27(37)35-11-9-34(2)10-12-35;1-17-11-19(3-6-25(17)36-22-8-10-34-26(14-22)30-16-32-34)33-27-23-13-20(4-5-24(23)29-15-31-27)35-21-7-9-28-18(2)12-21;1-17-12-18(3-5-23(17)37-20-6-7-34-24(14-20)28-16-30-34)31-25-21-13-19(2-4-22(21)27-15-29-25)32-26(35)33-8-10-36-11-9-33;1-17-12-19(5-7-23(17)34-20-9-11-32-24(14-20)28-16-30-32)31-25-21-13-18(8-10-26(2,3)33)4-6-22(21)27-15-29-25/h3-8,13-14,16-18H,9-12,15H2,1-2H3,(H,29,31,33);3-16H,1-2H3,(H,29,31,33);2-7,12-16H,8-11H2,1H3,(H,32,35)(H,27,29,31);4-7,9,11-16,33H,1-3H3,(H,27,29,31). The van der Waals surface area contributed by atoms with E-state index >= 15 is 0 Å². The van der Waals surface area contributed by atoms with Gasteiger partial charge in [-0.15, -0.1) is 0 Å². The molecule has 0 saturated carbocycles. The quantitative estimate of drug-likeness (QED) is 0.0364. The fourth-order valence-electron chi connectivity index (χ4n) is 16.1. The van der Waals surface area contributed by atoms with E-state index in [1.54, 1.807) is 61.9 Å². The topological polar surface area (TPSA) is 416 Å². The van der Waals surface area contributed by atoms with Gasteiger partial charge in [0.25, 0.3) is 0 Å². The molecule has 2 fully saturated rings. The van der Waals surface area contributed by atoms with Crippen LogP contribution in [0.4, 0.5) is 56.5 Å². The van der Waals surface area contributed by atoms with Crippen molar-refractivity contribution >= 4 is 130 Å². The average molecular weight is 1930 g/mol. The van der Waals surface area contributed by atoms with Crippen molar-refractivity contribution in [3.05, 3.63) is 327 Å². The van der Waals surface area contributed by atoms with Gasteiger partial charge in [0.05, 0.1) is 41.7 Å². The number of ether oxygens (including phenoxy) is 6. The Kier molecular flexibility index (Phi) is 27.2. The molecule has 2 saturated heterocycles. The average Bonchev–Trinajstić information content (AvgIpc) is 1.63. The highest BCUT2D eigenvalue weighted by molar-refractivity contribution is 5.98. The first-order chi connectivity index (χ1) is 70.6. The number of morpholine rings is 1. The number of urea groups is 1. The second-order valence-electron chi connectivity index (χ2n) is 34.8. The molecule has 722 valence electrons. The van der Waals surface area contributed by atoms with Gasteiger partial charge in [-0.1, -0.05) is 17.9 Å². The summed E-state index contributed by atoms with van der Waals surface area (Å²) in [5, 5.41) is 46.2. The molecule has 21 aromatic rings. The monoisotopic (exact) mass is 1930 g/mol. The second kappa shape index (κ2) is 42.0. The van der Waals surface area contributed by atoms with Crippen LogP contribution in [-0.2, 0) is 16.0 Å². The molecule has 0 bridgehead atoms. The molecule has 2 aliphatic heterocycles. The molecule has 2 aliphatic rings. The summed E-state index contributed by atoms with van der Waals surface area (Å²) in [6.45, 7) is 18.8. The zero-order chi connectivity index (χ0) is 99.4. The Balaban J connectivity index is 0.000000118. The summed E-state index contributed by atoms with van der Waals surface area (Å²) < 4.78 is 42.4. The molecule has 23 rings (SSSR count). The van der Waals surface area contributed by atoms with E-state index in [0.717, 1.165) is 177 Å². The minimum Gasteiger partial charge on any atom is -0.457 e. The first-order valence-electron chi connectivity index (χ1n) is 46.4. The molecule has 0 aliphatic carbocycles. The minimum absolute atomic E-state index is 0.150. The van der Waals surface area contributed by atoms with Crippen LogP contribution >= 0.6 is 0 Å². The number of pyridine rings is 5. The molecule has 145 heavy (non-hydrogen) atoms. The number of fused-ring (bicyclic) bond motifs is 8. The van der Waals surface area contributed by atoms with E-state index in [-0.39, 0.29) is 11.9 Å². The summed E-state index contributed by atoms with van der Waals surface area (Å²) in [6.07, 6.45) is 21.5. The molecule has 0 atom stereocenters. The van der Waals surface area contributed by atoms with E-state index in [9.17, 15) is 14.7 Å². The van der Waals surface area contributed by atoms with E-state index < -0.39 is 5.60 Å². The second-order valence-corrected chi connectivity index (χ2v) is 34.8. The molecule has 0 radical (unpaired) electrons. The molecular weight excluding hydrogens is 1840 g/mol. The smallest absolute Gasteiger partial charge is 0.321 e. The Hall–Kier alpha value is -18.9. The molecule has 38 heteroatoms. The predicted molar refractivity (Wildman–Crippen MR) is 550 cm³/mol. The van der Waals surface area contributed by atoms with Crippen molar-refractivity contribution in [1.82, 2.24) is 118 Å². The van der Waals surface area contributed by atoms with Crippen molar-refractivity contribution in [1.29, 1.82) is 0 Å². The van der Waals surface area contributed by atoms with E-state index in [4.69, 9.17) is 28.4 Å². The maximum atomic E-state index is 12.9. The zero-order valence-corrected chi connectivity index (χ0v) is 79.9. The van der Waals surface area contributed by atoms with Gasteiger partial charge in [0.15, 0.2) is 22.6 Å². The summed E-state index contributed by atoms with van der Waals surface area (Å²) in [7, 11) is 2.08. The number of carbonyl (C=O) groups is 2. The molecule has 0 spiro atoms. The number of aryl methyl sites for hydroxylation is 5. The fraction of sp³-hybridized carbons (Fsp3) is 0.168. The van der Waals surface area contributed by atoms with Crippen LogP contribution in [-0.4, -0.2) is 200 Å². The summed E-state index contributed by atoms with van der Waals surface area (Å²) >= 11 is 0. The van der Waals surface area contributed by atoms with Crippen molar-refractivity contribution < 1.29 is 43.1 Å². The first-order valence-corrected chi connectivity index (χ1v) is 46.4. The number of hydrogen-bond donors (Lipinski definition) is 6. The normalized spacial score (nSPS) is 12.6. The van der Waals surface area contributed by atoms with Gasteiger partial charge in [-0.3, -0.25) is 9.78 Å². The molecule has 0 unspecified atom stereocenters. The van der Waals surface area contributed by atoms with Crippen molar-refractivity contribution in [2.24, 2.45) is 0 Å². The summed E-state index contributed by atoms with van der Waals surface area (Å²) in [6, 6.07) is 64.7. The summed E-state index contributed by atoms with van der Waals surface area (Å²) in [5.74, 6) is 15.8. The highest BCUT2D eigenvalue weighted by atomic mass is 16.5. The molecular formula is C107H95N29O9. The number of rotatable bonds is 21. The molecule has 6 N–H and O–H groups in total. The maximum Gasteiger partial charge on any atom is 0.321 e. The zero-order valence-electron chi connectivity index (χ0n) is 79.9. The van der Waals surface area contributed by atoms with Crippen molar-refractivity contribution in [2.45, 2.75) is 60.5 Å². The van der Waals surface area contributed by atoms with Gasteiger partial charge in [-0.25, -0.2) is 82.7 Å².